The van der Waals surface area contributed by atoms with Gasteiger partial charge in [0.2, 0.25) is 18.2 Å². The summed E-state index contributed by atoms with van der Waals surface area (Å²) in [6, 6.07) is 13.3. The fraction of sp³-hybridized carbons (Fsp3) is 0.167. The first kappa shape index (κ1) is 13.8. The Hall–Kier alpha value is -2.79. The standard InChI is InChI=1S/C18H15NO4/c1-21-18-14-12(9-13-17(18)23-10-22-13)7-8-19-15(14)16(20)11-5-3-2-4-6-11/h2-9,16,20H,10H2,1H3/p+1. The van der Waals surface area contributed by atoms with Gasteiger partial charge in [-0.2, -0.15) is 0 Å². The van der Waals surface area contributed by atoms with E-state index in [1.54, 1.807) is 13.3 Å². The van der Waals surface area contributed by atoms with Gasteiger partial charge < -0.3 is 19.3 Å². The third kappa shape index (κ3) is 2.17. The summed E-state index contributed by atoms with van der Waals surface area (Å²) in [6.07, 6.45) is 1.00. The molecule has 23 heavy (non-hydrogen) atoms. The number of methoxy groups -OCH3 is 1. The van der Waals surface area contributed by atoms with E-state index in [9.17, 15) is 5.11 Å². The zero-order valence-corrected chi connectivity index (χ0v) is 12.6. The van der Waals surface area contributed by atoms with Crippen LogP contribution in [0.25, 0.3) is 10.8 Å². The Labute approximate surface area is 133 Å². The molecule has 0 radical (unpaired) electrons. The van der Waals surface area contributed by atoms with Crippen LogP contribution in [-0.4, -0.2) is 19.0 Å². The van der Waals surface area contributed by atoms with Crippen LogP contribution < -0.4 is 19.2 Å². The molecule has 5 nitrogen and oxygen atoms in total. The third-order valence-corrected chi connectivity index (χ3v) is 4.01. The van der Waals surface area contributed by atoms with Crippen LogP contribution in [0.4, 0.5) is 0 Å². The van der Waals surface area contributed by atoms with Crippen molar-refractivity contribution in [1.29, 1.82) is 0 Å². The lowest BCUT2D eigenvalue weighted by Crippen LogP contribution is -2.16. The summed E-state index contributed by atoms with van der Waals surface area (Å²) in [4.78, 5) is 3.15. The minimum atomic E-state index is -0.797. The van der Waals surface area contributed by atoms with E-state index >= 15 is 0 Å². The lowest BCUT2D eigenvalue weighted by Gasteiger charge is -2.13. The van der Waals surface area contributed by atoms with Crippen molar-refractivity contribution in [3.8, 4) is 17.2 Å². The number of nitrogens with one attached hydrogen (secondary N) is 1. The maximum absolute atomic E-state index is 10.8. The lowest BCUT2D eigenvalue weighted by atomic mass is 9.99. The average Bonchev–Trinajstić information content (AvgIpc) is 3.07. The molecule has 1 aliphatic rings. The van der Waals surface area contributed by atoms with Crippen molar-refractivity contribution in [1.82, 2.24) is 0 Å². The van der Waals surface area contributed by atoms with Gasteiger partial charge >= 0.3 is 0 Å². The SMILES string of the molecule is COc1c2c(cc3cc[nH+]c(C(O)c4ccccc4)c13)OCO2. The number of pyridine rings is 1. The van der Waals surface area contributed by atoms with Gasteiger partial charge in [0.25, 0.3) is 0 Å². The molecule has 4 rings (SSSR count). The van der Waals surface area contributed by atoms with Gasteiger partial charge in [0.05, 0.1) is 12.5 Å². The Balaban J connectivity index is 1.97. The molecule has 5 heteroatoms. The lowest BCUT2D eigenvalue weighted by molar-refractivity contribution is -0.395. The number of aliphatic hydroxyl groups excluding tert-OH is 1. The molecule has 116 valence electrons. The molecule has 1 aromatic heterocycles. The highest BCUT2D eigenvalue weighted by atomic mass is 16.7. The smallest absolute Gasteiger partial charge is 0.231 e. The first-order valence-corrected chi connectivity index (χ1v) is 7.33. The van der Waals surface area contributed by atoms with Gasteiger partial charge in [0.1, 0.15) is 0 Å². The van der Waals surface area contributed by atoms with E-state index < -0.39 is 6.10 Å². The molecule has 0 bridgehead atoms. The number of fused-ring (bicyclic) bond motifs is 2. The van der Waals surface area contributed by atoms with E-state index in [1.807, 2.05) is 42.5 Å². The Bertz CT molecular complexity index is 864. The first-order valence-electron chi connectivity index (χ1n) is 7.33. The van der Waals surface area contributed by atoms with Crippen molar-refractivity contribution in [3.63, 3.8) is 0 Å². The number of hydrogen-bond donors (Lipinski definition) is 1. The quantitative estimate of drug-likeness (QED) is 0.807. The average molecular weight is 310 g/mol. The van der Waals surface area contributed by atoms with Gasteiger partial charge in [-0.05, 0) is 11.6 Å². The highest BCUT2D eigenvalue weighted by Gasteiger charge is 2.29. The monoisotopic (exact) mass is 310 g/mol. The molecular formula is C18H16NO4+. The predicted molar refractivity (Wildman–Crippen MR) is 83.7 cm³/mol. The van der Waals surface area contributed by atoms with E-state index in [0.717, 1.165) is 16.3 Å². The van der Waals surface area contributed by atoms with E-state index in [-0.39, 0.29) is 6.79 Å². The Morgan fingerprint density at radius 3 is 2.78 bits per heavy atom. The topological polar surface area (TPSA) is 62.1 Å². The Morgan fingerprint density at radius 1 is 1.17 bits per heavy atom. The second-order valence-electron chi connectivity index (χ2n) is 5.31. The van der Waals surface area contributed by atoms with Crippen LogP contribution in [0.2, 0.25) is 0 Å². The molecular weight excluding hydrogens is 294 g/mol. The van der Waals surface area contributed by atoms with Crippen molar-refractivity contribution in [2.75, 3.05) is 13.9 Å². The molecule has 2 heterocycles. The molecule has 1 unspecified atom stereocenters. The summed E-state index contributed by atoms with van der Waals surface area (Å²) < 4.78 is 16.5. The van der Waals surface area contributed by atoms with E-state index in [2.05, 4.69) is 4.98 Å². The maximum atomic E-state index is 10.8. The second-order valence-corrected chi connectivity index (χ2v) is 5.31. The highest BCUT2D eigenvalue weighted by Crippen LogP contribution is 2.47. The minimum absolute atomic E-state index is 0.169. The zero-order valence-electron chi connectivity index (χ0n) is 12.6. The molecule has 0 aliphatic carbocycles. The fourth-order valence-electron chi connectivity index (χ4n) is 2.95. The van der Waals surface area contributed by atoms with Gasteiger partial charge in [-0.25, -0.2) is 4.98 Å². The van der Waals surface area contributed by atoms with Gasteiger partial charge in [-0.1, -0.05) is 30.3 Å². The molecule has 2 aromatic carbocycles. The van der Waals surface area contributed by atoms with Crippen LogP contribution >= 0.6 is 0 Å². The summed E-state index contributed by atoms with van der Waals surface area (Å²) in [7, 11) is 1.59. The molecule has 2 N–H and O–H groups in total. The summed E-state index contributed by atoms with van der Waals surface area (Å²) in [5.41, 5.74) is 1.46. The van der Waals surface area contributed by atoms with E-state index in [1.165, 1.54) is 0 Å². The number of aromatic amines is 1. The minimum Gasteiger partial charge on any atom is -0.492 e. The van der Waals surface area contributed by atoms with Crippen LogP contribution in [0.15, 0.2) is 48.7 Å². The summed E-state index contributed by atoms with van der Waals surface area (Å²) in [6.45, 7) is 0.169. The molecule has 0 saturated carbocycles. The van der Waals surface area contributed by atoms with Gasteiger partial charge in [0, 0.05) is 11.5 Å². The van der Waals surface area contributed by atoms with Crippen molar-refractivity contribution < 1.29 is 24.3 Å². The Kier molecular flexibility index (Phi) is 3.28. The normalized spacial score (nSPS) is 14.0. The largest absolute Gasteiger partial charge is 0.492 e. The van der Waals surface area contributed by atoms with Crippen LogP contribution in [0, 0.1) is 0 Å². The van der Waals surface area contributed by atoms with Crippen LogP contribution in [-0.2, 0) is 0 Å². The summed E-state index contributed by atoms with van der Waals surface area (Å²) in [5, 5.41) is 12.5. The molecule has 3 aromatic rings. The van der Waals surface area contributed by atoms with Gasteiger partial charge in [0.15, 0.2) is 23.8 Å². The predicted octanol–water partition coefficient (Wildman–Crippen LogP) is 2.47. The third-order valence-electron chi connectivity index (χ3n) is 4.01. The maximum Gasteiger partial charge on any atom is 0.231 e. The molecule has 0 fully saturated rings. The number of aromatic nitrogens is 1. The highest BCUT2D eigenvalue weighted by molar-refractivity contribution is 5.94. The Morgan fingerprint density at radius 2 is 2.00 bits per heavy atom. The van der Waals surface area contributed by atoms with Gasteiger partial charge in [-0.15, -0.1) is 0 Å². The van der Waals surface area contributed by atoms with Crippen LogP contribution in [0.3, 0.4) is 0 Å². The second kappa shape index (κ2) is 5.44. The fourth-order valence-corrected chi connectivity index (χ4v) is 2.95. The number of aliphatic hydroxyl groups is 1. The summed E-state index contributed by atoms with van der Waals surface area (Å²) >= 11 is 0. The van der Waals surface area contributed by atoms with Crippen molar-refractivity contribution in [3.05, 3.63) is 59.9 Å². The number of benzene rings is 2. The molecule has 0 amide bonds. The first-order chi connectivity index (χ1) is 11.3. The molecule has 1 aliphatic heterocycles. The van der Waals surface area contributed by atoms with Crippen LogP contribution in [0.5, 0.6) is 17.2 Å². The van der Waals surface area contributed by atoms with Crippen molar-refractivity contribution in [2.24, 2.45) is 0 Å². The molecule has 0 spiro atoms. The summed E-state index contributed by atoms with van der Waals surface area (Å²) in [5.74, 6) is 1.79. The number of hydrogen-bond acceptors (Lipinski definition) is 4. The molecule has 0 saturated heterocycles. The molecule has 1 atom stereocenters. The van der Waals surface area contributed by atoms with E-state index in [0.29, 0.717) is 22.9 Å². The zero-order chi connectivity index (χ0) is 15.8. The van der Waals surface area contributed by atoms with Crippen LogP contribution in [0.1, 0.15) is 17.4 Å². The number of ether oxygens (including phenoxy) is 3. The van der Waals surface area contributed by atoms with Crippen molar-refractivity contribution >= 4 is 10.8 Å². The number of H-pyrrole nitrogens is 1. The van der Waals surface area contributed by atoms with Gasteiger partial charge in [-0.3, -0.25) is 0 Å². The number of rotatable bonds is 3. The van der Waals surface area contributed by atoms with E-state index in [4.69, 9.17) is 14.2 Å². The van der Waals surface area contributed by atoms with Crippen molar-refractivity contribution in [2.45, 2.75) is 6.10 Å².